The van der Waals surface area contributed by atoms with Gasteiger partial charge in [0.2, 0.25) is 5.91 Å². The maximum Gasteiger partial charge on any atom is 0.254 e. The zero-order valence-corrected chi connectivity index (χ0v) is 11.8. The summed E-state index contributed by atoms with van der Waals surface area (Å²) in [5.74, 6) is -0.631. The summed E-state index contributed by atoms with van der Waals surface area (Å²) in [5, 5.41) is 3.08. The number of primary amides is 1. The largest absolute Gasteiger partial charge is 0.378 e. The molecule has 1 atom stereocenters. The number of amides is 2. The summed E-state index contributed by atoms with van der Waals surface area (Å²) < 4.78 is 0. The minimum Gasteiger partial charge on any atom is -0.378 e. The van der Waals surface area contributed by atoms with E-state index in [9.17, 15) is 9.59 Å². The van der Waals surface area contributed by atoms with E-state index in [4.69, 9.17) is 5.73 Å². The van der Waals surface area contributed by atoms with E-state index in [-0.39, 0.29) is 5.91 Å². The molecule has 0 spiro atoms. The fraction of sp³-hybridized carbons (Fsp3) is 0.429. The lowest BCUT2D eigenvalue weighted by Gasteiger charge is -2.34. The highest BCUT2D eigenvalue weighted by Crippen LogP contribution is 2.16. The van der Waals surface area contributed by atoms with E-state index >= 15 is 0 Å². The lowest BCUT2D eigenvalue weighted by molar-refractivity contribution is -0.122. The molecule has 6 heteroatoms. The lowest BCUT2D eigenvalue weighted by Crippen LogP contribution is -2.58. The summed E-state index contributed by atoms with van der Waals surface area (Å²) in [6, 6.07) is 6.77. The molecule has 0 unspecified atom stereocenters. The Morgan fingerprint density at radius 2 is 2.15 bits per heavy atom. The highest BCUT2D eigenvalue weighted by molar-refractivity contribution is 5.98. The second-order valence-electron chi connectivity index (χ2n) is 5.07. The summed E-state index contributed by atoms with van der Waals surface area (Å²) >= 11 is 0. The molecule has 0 aromatic heterocycles. The van der Waals surface area contributed by atoms with Crippen molar-refractivity contribution in [2.24, 2.45) is 5.73 Å². The molecule has 1 aliphatic rings. The standard InChI is InChI=1S/C14H20N4O2/c1-17(2)11-5-3-4-10(8-11)14(20)18-7-6-16-9-12(18)13(15)19/h3-5,8,12,16H,6-7,9H2,1-2H3,(H2,15,19)/t12-/m1/s1. The average molecular weight is 276 g/mol. The highest BCUT2D eigenvalue weighted by Gasteiger charge is 2.31. The third-order valence-electron chi connectivity index (χ3n) is 3.44. The number of nitrogens with one attached hydrogen (secondary N) is 1. The van der Waals surface area contributed by atoms with Crippen LogP contribution in [-0.2, 0) is 4.79 Å². The van der Waals surface area contributed by atoms with Crippen molar-refractivity contribution in [2.45, 2.75) is 6.04 Å². The monoisotopic (exact) mass is 276 g/mol. The van der Waals surface area contributed by atoms with E-state index in [1.54, 1.807) is 11.0 Å². The van der Waals surface area contributed by atoms with Crippen LogP contribution in [0.2, 0.25) is 0 Å². The number of hydrogen-bond acceptors (Lipinski definition) is 4. The fourth-order valence-electron chi connectivity index (χ4n) is 2.28. The van der Waals surface area contributed by atoms with Gasteiger partial charge in [-0.3, -0.25) is 9.59 Å². The minimum absolute atomic E-state index is 0.154. The third kappa shape index (κ3) is 2.91. The summed E-state index contributed by atoms with van der Waals surface area (Å²) in [6.45, 7) is 1.57. The van der Waals surface area contributed by atoms with Crippen molar-refractivity contribution in [1.82, 2.24) is 10.2 Å². The van der Waals surface area contributed by atoms with E-state index in [1.165, 1.54) is 0 Å². The summed E-state index contributed by atoms with van der Waals surface area (Å²) in [7, 11) is 3.83. The molecule has 6 nitrogen and oxygen atoms in total. The number of carbonyl (C=O) groups is 2. The van der Waals surface area contributed by atoms with Gasteiger partial charge in [0.1, 0.15) is 6.04 Å². The number of anilines is 1. The predicted octanol–water partition coefficient (Wildman–Crippen LogP) is -0.348. The molecular weight excluding hydrogens is 256 g/mol. The van der Waals surface area contributed by atoms with Gasteiger partial charge in [0, 0.05) is 45.0 Å². The Morgan fingerprint density at radius 1 is 1.40 bits per heavy atom. The van der Waals surface area contributed by atoms with Crippen molar-refractivity contribution in [3.05, 3.63) is 29.8 Å². The van der Waals surface area contributed by atoms with Gasteiger partial charge in [0.05, 0.1) is 0 Å². The van der Waals surface area contributed by atoms with E-state index in [1.807, 2.05) is 37.2 Å². The van der Waals surface area contributed by atoms with Crippen LogP contribution in [-0.4, -0.2) is 56.5 Å². The van der Waals surface area contributed by atoms with Gasteiger partial charge < -0.3 is 20.9 Å². The van der Waals surface area contributed by atoms with Gasteiger partial charge in [-0.15, -0.1) is 0 Å². The smallest absolute Gasteiger partial charge is 0.254 e. The number of benzene rings is 1. The highest BCUT2D eigenvalue weighted by atomic mass is 16.2. The minimum atomic E-state index is -0.584. The molecule has 1 heterocycles. The lowest BCUT2D eigenvalue weighted by atomic mass is 10.1. The molecule has 0 saturated carbocycles. The third-order valence-corrected chi connectivity index (χ3v) is 3.44. The zero-order valence-electron chi connectivity index (χ0n) is 11.8. The molecule has 2 amide bonds. The summed E-state index contributed by atoms with van der Waals surface area (Å²) in [6.07, 6.45) is 0. The van der Waals surface area contributed by atoms with E-state index in [2.05, 4.69) is 5.32 Å². The van der Waals surface area contributed by atoms with Crippen molar-refractivity contribution in [3.8, 4) is 0 Å². The van der Waals surface area contributed by atoms with Gasteiger partial charge in [-0.1, -0.05) is 6.07 Å². The molecule has 3 N–H and O–H groups in total. The van der Waals surface area contributed by atoms with Crippen LogP contribution in [0.1, 0.15) is 10.4 Å². The molecule has 0 radical (unpaired) electrons. The first-order valence-corrected chi connectivity index (χ1v) is 6.59. The van der Waals surface area contributed by atoms with Crippen LogP contribution in [0.15, 0.2) is 24.3 Å². The van der Waals surface area contributed by atoms with Crippen LogP contribution in [0.4, 0.5) is 5.69 Å². The first-order valence-electron chi connectivity index (χ1n) is 6.59. The molecule has 20 heavy (non-hydrogen) atoms. The molecule has 1 saturated heterocycles. The molecule has 1 aromatic carbocycles. The second kappa shape index (κ2) is 5.92. The number of nitrogens with zero attached hydrogens (tertiary/aromatic N) is 2. The number of hydrogen-bond donors (Lipinski definition) is 2. The molecule has 1 aliphatic heterocycles. The number of piperazine rings is 1. The Kier molecular flexibility index (Phi) is 4.24. The maximum atomic E-state index is 12.6. The van der Waals surface area contributed by atoms with Crippen molar-refractivity contribution < 1.29 is 9.59 Å². The first kappa shape index (κ1) is 14.3. The number of nitrogens with two attached hydrogens (primary N) is 1. The van der Waals surface area contributed by atoms with Gasteiger partial charge in [-0.2, -0.15) is 0 Å². The topological polar surface area (TPSA) is 78.7 Å². The normalized spacial score (nSPS) is 18.7. The van der Waals surface area contributed by atoms with Crippen molar-refractivity contribution >= 4 is 17.5 Å². The van der Waals surface area contributed by atoms with Crippen LogP contribution in [0.3, 0.4) is 0 Å². The molecule has 108 valence electrons. The first-order chi connectivity index (χ1) is 9.50. The number of carbonyl (C=O) groups excluding carboxylic acids is 2. The van der Waals surface area contributed by atoms with Crippen molar-refractivity contribution in [3.63, 3.8) is 0 Å². The van der Waals surface area contributed by atoms with Crippen LogP contribution < -0.4 is 16.0 Å². The Labute approximate surface area is 118 Å². The van der Waals surface area contributed by atoms with Gasteiger partial charge >= 0.3 is 0 Å². The molecule has 0 aliphatic carbocycles. The SMILES string of the molecule is CN(C)c1cccc(C(=O)N2CCNC[C@@H]2C(N)=O)c1. The van der Waals surface area contributed by atoms with Gasteiger partial charge in [0.15, 0.2) is 0 Å². The van der Waals surface area contributed by atoms with Gasteiger partial charge in [-0.25, -0.2) is 0 Å². The van der Waals surface area contributed by atoms with E-state index in [0.29, 0.717) is 25.2 Å². The van der Waals surface area contributed by atoms with Crippen molar-refractivity contribution in [2.75, 3.05) is 38.6 Å². The molecule has 1 aromatic rings. The second-order valence-corrected chi connectivity index (χ2v) is 5.07. The Balaban J connectivity index is 2.25. The molecule has 1 fully saturated rings. The molecule has 0 bridgehead atoms. The van der Waals surface area contributed by atoms with Gasteiger partial charge in [-0.05, 0) is 18.2 Å². The number of rotatable bonds is 3. The van der Waals surface area contributed by atoms with Crippen LogP contribution in [0.5, 0.6) is 0 Å². The van der Waals surface area contributed by atoms with Crippen LogP contribution in [0.25, 0.3) is 0 Å². The van der Waals surface area contributed by atoms with Crippen LogP contribution >= 0.6 is 0 Å². The Bertz CT molecular complexity index is 516. The zero-order chi connectivity index (χ0) is 14.7. The Hall–Kier alpha value is -2.08. The van der Waals surface area contributed by atoms with E-state index < -0.39 is 11.9 Å². The fourth-order valence-corrected chi connectivity index (χ4v) is 2.28. The van der Waals surface area contributed by atoms with Gasteiger partial charge in [0.25, 0.3) is 5.91 Å². The predicted molar refractivity (Wildman–Crippen MR) is 77.7 cm³/mol. The Morgan fingerprint density at radius 3 is 2.80 bits per heavy atom. The quantitative estimate of drug-likeness (QED) is 0.791. The molecule has 2 rings (SSSR count). The van der Waals surface area contributed by atoms with Crippen molar-refractivity contribution in [1.29, 1.82) is 0 Å². The average Bonchev–Trinajstić information content (AvgIpc) is 2.46. The summed E-state index contributed by atoms with van der Waals surface area (Å²) in [5.41, 5.74) is 6.89. The molecular formula is C14H20N4O2. The maximum absolute atomic E-state index is 12.6. The summed E-state index contributed by atoms with van der Waals surface area (Å²) in [4.78, 5) is 27.5. The van der Waals surface area contributed by atoms with E-state index in [0.717, 1.165) is 5.69 Å². The van der Waals surface area contributed by atoms with Crippen LogP contribution in [0, 0.1) is 0 Å².